The minimum absolute atomic E-state index is 0.0328. The van der Waals surface area contributed by atoms with E-state index in [2.05, 4.69) is 24.4 Å². The molecule has 2 aromatic rings. The van der Waals surface area contributed by atoms with Gasteiger partial charge in [0, 0.05) is 24.4 Å². The summed E-state index contributed by atoms with van der Waals surface area (Å²) in [6.07, 6.45) is 5.22. The number of hydrogen-bond acceptors (Lipinski definition) is 4. The second-order valence-corrected chi connectivity index (χ2v) is 9.23. The molecule has 182 valence electrons. The van der Waals surface area contributed by atoms with Crippen molar-refractivity contribution < 1.29 is 19.4 Å². The third kappa shape index (κ3) is 6.28. The summed E-state index contributed by atoms with van der Waals surface area (Å²) >= 11 is 0. The Hall–Kier alpha value is -3.08. The van der Waals surface area contributed by atoms with E-state index < -0.39 is 11.6 Å². The van der Waals surface area contributed by atoms with Gasteiger partial charge in [0.15, 0.2) is 0 Å². The van der Waals surface area contributed by atoms with Crippen LogP contribution in [-0.2, 0) is 20.7 Å². The number of rotatable bonds is 11. The molecule has 0 radical (unpaired) electrons. The quantitative estimate of drug-likeness (QED) is 0.357. The van der Waals surface area contributed by atoms with Crippen LogP contribution in [0.5, 0.6) is 0 Å². The van der Waals surface area contributed by atoms with E-state index in [9.17, 15) is 14.7 Å². The van der Waals surface area contributed by atoms with E-state index in [-0.39, 0.29) is 17.6 Å². The molecule has 2 atom stereocenters. The molecule has 0 fully saturated rings. The van der Waals surface area contributed by atoms with Crippen molar-refractivity contribution >= 4 is 17.6 Å². The van der Waals surface area contributed by atoms with Crippen molar-refractivity contribution in [3.05, 3.63) is 77.1 Å². The SMILES string of the molecule is CCCC(=O)Nc1cccc([C@@H](CC)C2=C(O)C[C@@](CCC)(CCc3ccccc3)OC2=O)c1. The molecular formula is C29H37NO4. The van der Waals surface area contributed by atoms with Gasteiger partial charge in [-0.15, -0.1) is 0 Å². The Balaban J connectivity index is 1.84. The first-order valence-corrected chi connectivity index (χ1v) is 12.5. The van der Waals surface area contributed by atoms with E-state index in [1.807, 2.05) is 56.3 Å². The van der Waals surface area contributed by atoms with Crippen molar-refractivity contribution in [2.75, 3.05) is 5.32 Å². The first-order valence-electron chi connectivity index (χ1n) is 12.5. The fourth-order valence-electron chi connectivity index (χ4n) is 4.92. The van der Waals surface area contributed by atoms with Crippen molar-refractivity contribution in [2.24, 2.45) is 0 Å². The van der Waals surface area contributed by atoms with E-state index >= 15 is 0 Å². The highest BCUT2D eigenvalue weighted by atomic mass is 16.6. The first kappa shape index (κ1) is 25.5. The number of amides is 1. The maximum Gasteiger partial charge on any atom is 0.338 e. The van der Waals surface area contributed by atoms with E-state index in [4.69, 9.17) is 4.74 Å². The van der Waals surface area contributed by atoms with Gasteiger partial charge >= 0.3 is 5.97 Å². The van der Waals surface area contributed by atoms with Gasteiger partial charge in [-0.3, -0.25) is 4.79 Å². The van der Waals surface area contributed by atoms with Crippen LogP contribution in [0, 0.1) is 0 Å². The Morgan fingerprint density at radius 1 is 1.06 bits per heavy atom. The zero-order valence-corrected chi connectivity index (χ0v) is 20.6. The number of carbonyl (C=O) groups excluding carboxylic acids is 2. The fourth-order valence-corrected chi connectivity index (χ4v) is 4.92. The summed E-state index contributed by atoms with van der Waals surface area (Å²) in [4.78, 5) is 25.3. The number of aliphatic hydroxyl groups is 1. The minimum atomic E-state index is -0.691. The van der Waals surface area contributed by atoms with E-state index in [1.165, 1.54) is 5.56 Å². The number of carbonyl (C=O) groups is 2. The van der Waals surface area contributed by atoms with Crippen molar-refractivity contribution in [2.45, 2.75) is 83.7 Å². The van der Waals surface area contributed by atoms with Crippen LogP contribution in [0.3, 0.4) is 0 Å². The molecule has 2 N–H and O–H groups in total. The highest BCUT2D eigenvalue weighted by Gasteiger charge is 2.43. The number of nitrogens with one attached hydrogen (secondary N) is 1. The van der Waals surface area contributed by atoms with Crippen molar-refractivity contribution in [3.8, 4) is 0 Å². The molecule has 0 saturated heterocycles. The molecule has 0 aromatic heterocycles. The topological polar surface area (TPSA) is 75.6 Å². The first-order chi connectivity index (χ1) is 16.4. The van der Waals surface area contributed by atoms with Crippen LogP contribution in [0.25, 0.3) is 0 Å². The van der Waals surface area contributed by atoms with Gasteiger partial charge in [0.05, 0.1) is 5.57 Å². The summed E-state index contributed by atoms with van der Waals surface area (Å²) in [5, 5.41) is 14.1. The predicted molar refractivity (Wildman–Crippen MR) is 136 cm³/mol. The average Bonchev–Trinajstić information content (AvgIpc) is 2.81. The fraction of sp³-hybridized carbons (Fsp3) is 0.448. The molecule has 0 aliphatic carbocycles. The predicted octanol–water partition coefficient (Wildman–Crippen LogP) is 6.85. The summed E-state index contributed by atoms with van der Waals surface area (Å²) < 4.78 is 6.12. The molecule has 1 aliphatic heterocycles. The van der Waals surface area contributed by atoms with Crippen LogP contribution < -0.4 is 5.32 Å². The molecule has 5 heteroatoms. The van der Waals surface area contributed by atoms with Gasteiger partial charge in [0.2, 0.25) is 5.91 Å². The van der Waals surface area contributed by atoms with Crippen LogP contribution in [0.4, 0.5) is 5.69 Å². The van der Waals surface area contributed by atoms with Crippen LogP contribution in [0.15, 0.2) is 65.9 Å². The highest BCUT2D eigenvalue weighted by molar-refractivity contribution is 5.93. The maximum absolute atomic E-state index is 13.3. The lowest BCUT2D eigenvalue weighted by molar-refractivity contribution is -0.161. The molecule has 1 heterocycles. The third-order valence-corrected chi connectivity index (χ3v) is 6.55. The van der Waals surface area contributed by atoms with Gasteiger partial charge in [0.1, 0.15) is 11.4 Å². The number of esters is 1. The van der Waals surface area contributed by atoms with Gasteiger partial charge in [-0.2, -0.15) is 0 Å². The molecule has 0 spiro atoms. The maximum atomic E-state index is 13.3. The molecule has 1 amide bonds. The summed E-state index contributed by atoms with van der Waals surface area (Å²) in [5.41, 5.74) is 2.41. The third-order valence-electron chi connectivity index (χ3n) is 6.55. The zero-order chi connectivity index (χ0) is 24.6. The van der Waals surface area contributed by atoms with Gasteiger partial charge in [-0.25, -0.2) is 4.79 Å². The number of hydrogen-bond donors (Lipinski definition) is 2. The second-order valence-electron chi connectivity index (χ2n) is 9.23. The van der Waals surface area contributed by atoms with Crippen LogP contribution in [0.1, 0.15) is 82.8 Å². The lowest BCUT2D eigenvalue weighted by Gasteiger charge is -2.38. The Labute approximate surface area is 203 Å². The van der Waals surface area contributed by atoms with Crippen molar-refractivity contribution in [3.63, 3.8) is 0 Å². The van der Waals surface area contributed by atoms with Crippen LogP contribution in [0.2, 0.25) is 0 Å². The monoisotopic (exact) mass is 463 g/mol. The summed E-state index contributed by atoms with van der Waals surface area (Å²) in [7, 11) is 0. The number of anilines is 1. The smallest absolute Gasteiger partial charge is 0.338 e. The summed E-state index contributed by atoms with van der Waals surface area (Å²) in [6.45, 7) is 6.02. The molecule has 0 unspecified atom stereocenters. The Morgan fingerprint density at radius 2 is 1.82 bits per heavy atom. The van der Waals surface area contributed by atoms with E-state index in [0.29, 0.717) is 43.4 Å². The Kier molecular flexibility index (Phi) is 8.91. The van der Waals surface area contributed by atoms with E-state index in [1.54, 1.807) is 0 Å². The Morgan fingerprint density at radius 3 is 2.47 bits per heavy atom. The number of aryl methyl sites for hydroxylation is 1. The number of aliphatic hydroxyl groups excluding tert-OH is 1. The summed E-state index contributed by atoms with van der Waals surface area (Å²) in [6, 6.07) is 17.7. The lowest BCUT2D eigenvalue weighted by atomic mass is 9.80. The van der Waals surface area contributed by atoms with Gasteiger partial charge in [-0.05, 0) is 55.4 Å². The van der Waals surface area contributed by atoms with Crippen molar-refractivity contribution in [1.29, 1.82) is 0 Å². The molecule has 34 heavy (non-hydrogen) atoms. The largest absolute Gasteiger partial charge is 0.512 e. The van der Waals surface area contributed by atoms with Crippen LogP contribution in [-0.4, -0.2) is 22.6 Å². The number of cyclic esters (lactones) is 1. The molecule has 0 saturated carbocycles. The average molecular weight is 464 g/mol. The lowest BCUT2D eigenvalue weighted by Crippen LogP contribution is -2.41. The molecule has 1 aliphatic rings. The zero-order valence-electron chi connectivity index (χ0n) is 20.6. The number of benzene rings is 2. The minimum Gasteiger partial charge on any atom is -0.512 e. The molecule has 2 aromatic carbocycles. The standard InChI is InChI=1S/C29H37NO4/c1-4-11-26(32)30-23-15-10-14-22(19-23)24(6-3)27-25(31)20-29(17-5-2,34-28(27)33)18-16-21-12-8-7-9-13-21/h7-10,12-15,19,24,31H,4-6,11,16-18,20H2,1-3H3,(H,30,32)/t24-,29-/m1/s1. The van der Waals surface area contributed by atoms with Crippen LogP contribution >= 0.6 is 0 Å². The highest BCUT2D eigenvalue weighted by Crippen LogP contribution is 2.42. The molecule has 0 bridgehead atoms. The van der Waals surface area contributed by atoms with Gasteiger partial charge in [0.25, 0.3) is 0 Å². The van der Waals surface area contributed by atoms with Gasteiger partial charge < -0.3 is 15.2 Å². The molecule has 3 rings (SSSR count). The van der Waals surface area contributed by atoms with E-state index in [0.717, 1.165) is 24.8 Å². The summed E-state index contributed by atoms with van der Waals surface area (Å²) in [5.74, 6) is -0.638. The second kappa shape index (κ2) is 11.9. The number of ether oxygens (including phenoxy) is 1. The molecule has 5 nitrogen and oxygen atoms in total. The van der Waals surface area contributed by atoms with Gasteiger partial charge in [-0.1, -0.05) is 69.7 Å². The molecular weight excluding hydrogens is 426 g/mol. The Bertz CT molecular complexity index is 1010. The normalized spacial score (nSPS) is 19.0. The van der Waals surface area contributed by atoms with Crippen molar-refractivity contribution in [1.82, 2.24) is 0 Å².